The van der Waals surface area contributed by atoms with Crippen LogP contribution in [0.2, 0.25) is 10.0 Å². The quantitative estimate of drug-likeness (QED) is 0.712. The van der Waals surface area contributed by atoms with Crippen molar-refractivity contribution >= 4 is 39.2 Å². The van der Waals surface area contributed by atoms with Crippen molar-refractivity contribution in [3.8, 4) is 5.75 Å². The molecule has 0 aliphatic carbocycles. The highest BCUT2D eigenvalue weighted by Gasteiger charge is 2.50. The molecule has 9 heteroatoms. The molecule has 0 unspecified atom stereocenters. The first-order chi connectivity index (χ1) is 11.4. The highest BCUT2D eigenvalue weighted by atomic mass is 35.5. The van der Waals surface area contributed by atoms with Crippen LogP contribution in [0.15, 0.2) is 12.1 Å². The molecule has 25 heavy (non-hydrogen) atoms. The van der Waals surface area contributed by atoms with Gasteiger partial charge in [0.1, 0.15) is 11.4 Å². The van der Waals surface area contributed by atoms with Crippen LogP contribution in [0.5, 0.6) is 5.75 Å². The number of sulfonamides is 1. The lowest BCUT2D eigenvalue weighted by Gasteiger charge is -2.46. The van der Waals surface area contributed by atoms with Crippen LogP contribution in [0.25, 0.3) is 0 Å². The Morgan fingerprint density at radius 2 is 1.96 bits per heavy atom. The monoisotopic (exact) mass is 409 g/mol. The molecule has 0 saturated heterocycles. The molecule has 0 amide bonds. The minimum absolute atomic E-state index is 0.0995. The first-order valence-corrected chi connectivity index (χ1v) is 10.1. The van der Waals surface area contributed by atoms with Crippen molar-refractivity contribution in [3.05, 3.63) is 27.7 Å². The van der Waals surface area contributed by atoms with E-state index in [4.69, 9.17) is 32.7 Å². The number of nitrogens with zero attached hydrogens (tertiary/aromatic N) is 1. The zero-order valence-corrected chi connectivity index (χ0v) is 17.0. The molecule has 0 N–H and O–H groups in total. The van der Waals surface area contributed by atoms with E-state index >= 15 is 0 Å². The van der Waals surface area contributed by atoms with E-state index in [0.717, 1.165) is 0 Å². The van der Waals surface area contributed by atoms with E-state index in [1.807, 2.05) is 0 Å². The third-order valence-electron chi connectivity index (χ3n) is 4.18. The van der Waals surface area contributed by atoms with E-state index in [1.165, 1.54) is 24.3 Å². The van der Waals surface area contributed by atoms with Crippen LogP contribution in [0.1, 0.15) is 39.3 Å². The van der Waals surface area contributed by atoms with Gasteiger partial charge in [-0.3, -0.25) is 4.79 Å². The van der Waals surface area contributed by atoms with Crippen molar-refractivity contribution in [3.63, 3.8) is 0 Å². The predicted octanol–water partition coefficient (Wildman–Crippen LogP) is 3.42. The number of benzene rings is 1. The van der Waals surface area contributed by atoms with Crippen molar-refractivity contribution < 1.29 is 22.7 Å². The summed E-state index contributed by atoms with van der Waals surface area (Å²) < 4.78 is 37.6. The lowest BCUT2D eigenvalue weighted by Crippen LogP contribution is -2.55. The SMILES string of the molecule is CCS(=O)(=O)N(C)[C@@H]1c2cc(Cl)cc(Cl)c2OC(C)(C)[C@H]1OC(C)=O. The van der Waals surface area contributed by atoms with Crippen LogP contribution in [-0.2, 0) is 19.6 Å². The molecule has 0 aromatic heterocycles. The smallest absolute Gasteiger partial charge is 0.303 e. The molecule has 2 atom stereocenters. The topological polar surface area (TPSA) is 72.9 Å². The Morgan fingerprint density at radius 3 is 2.48 bits per heavy atom. The van der Waals surface area contributed by atoms with Gasteiger partial charge >= 0.3 is 5.97 Å². The van der Waals surface area contributed by atoms with Crippen LogP contribution < -0.4 is 4.74 Å². The standard InChI is InChI=1S/C16H21Cl2NO5S/c1-6-25(21,22)19(5)13-11-7-10(17)8-12(18)14(11)24-16(3,4)15(13)23-9(2)20/h7-8,13,15H,6H2,1-5H3/t13-,15+/m1/s1. The Bertz CT molecular complexity index is 794. The summed E-state index contributed by atoms with van der Waals surface area (Å²) in [4.78, 5) is 11.6. The maximum absolute atomic E-state index is 12.5. The van der Waals surface area contributed by atoms with Gasteiger partial charge in [0.15, 0.2) is 6.10 Å². The zero-order valence-electron chi connectivity index (χ0n) is 14.7. The fraction of sp³-hybridized carbons (Fsp3) is 0.562. The first kappa shape index (κ1) is 20.3. The summed E-state index contributed by atoms with van der Waals surface area (Å²) in [5.41, 5.74) is -0.541. The molecule has 0 spiro atoms. The number of carbonyl (C=O) groups excluding carboxylic acids is 1. The van der Waals surface area contributed by atoms with Crippen LogP contribution >= 0.6 is 23.2 Å². The average Bonchev–Trinajstić information content (AvgIpc) is 2.48. The Labute approximate surface area is 158 Å². The number of rotatable bonds is 4. The summed E-state index contributed by atoms with van der Waals surface area (Å²) in [5.74, 6) is -0.300. The molecular formula is C16H21Cl2NO5S. The Balaban J connectivity index is 2.73. The van der Waals surface area contributed by atoms with E-state index in [0.29, 0.717) is 16.3 Å². The number of carbonyl (C=O) groups is 1. The fourth-order valence-corrected chi connectivity index (χ4v) is 4.45. The number of fused-ring (bicyclic) bond motifs is 1. The van der Waals surface area contributed by atoms with Gasteiger partial charge in [-0.15, -0.1) is 0 Å². The maximum Gasteiger partial charge on any atom is 0.303 e. The molecule has 0 radical (unpaired) electrons. The van der Waals surface area contributed by atoms with Crippen molar-refractivity contribution in [2.75, 3.05) is 12.8 Å². The van der Waals surface area contributed by atoms with E-state index in [-0.39, 0.29) is 10.8 Å². The van der Waals surface area contributed by atoms with Gasteiger partial charge in [-0.25, -0.2) is 8.42 Å². The number of hydrogen-bond acceptors (Lipinski definition) is 5. The van der Waals surface area contributed by atoms with Gasteiger partial charge in [0.2, 0.25) is 10.0 Å². The lowest BCUT2D eigenvalue weighted by atomic mass is 9.86. The highest BCUT2D eigenvalue weighted by Crippen LogP contribution is 2.48. The predicted molar refractivity (Wildman–Crippen MR) is 96.7 cm³/mol. The van der Waals surface area contributed by atoms with E-state index in [9.17, 15) is 13.2 Å². The van der Waals surface area contributed by atoms with E-state index < -0.39 is 33.7 Å². The molecule has 1 aromatic rings. The number of halogens is 2. The summed E-state index contributed by atoms with van der Waals surface area (Å²) in [6, 6.07) is 2.29. The third kappa shape index (κ3) is 3.89. The Hall–Kier alpha value is -1.02. The molecular weight excluding hydrogens is 389 g/mol. The molecule has 1 aliphatic rings. The summed E-state index contributed by atoms with van der Waals surface area (Å²) in [6.45, 7) is 6.24. The van der Waals surface area contributed by atoms with Gasteiger partial charge < -0.3 is 9.47 Å². The summed E-state index contributed by atoms with van der Waals surface area (Å²) >= 11 is 12.4. The van der Waals surface area contributed by atoms with Crippen LogP contribution in [-0.4, -0.2) is 43.2 Å². The van der Waals surface area contributed by atoms with Gasteiger partial charge in [0.25, 0.3) is 0 Å². The molecule has 1 heterocycles. The second-order valence-corrected chi connectivity index (χ2v) is 9.56. The minimum atomic E-state index is -3.58. The largest absolute Gasteiger partial charge is 0.482 e. The van der Waals surface area contributed by atoms with Crippen molar-refractivity contribution in [1.29, 1.82) is 0 Å². The normalized spacial score (nSPS) is 22.2. The second kappa shape index (κ2) is 6.95. The van der Waals surface area contributed by atoms with Crippen LogP contribution in [0.3, 0.4) is 0 Å². The zero-order chi connectivity index (χ0) is 19.2. The Morgan fingerprint density at radius 1 is 1.36 bits per heavy atom. The Kier molecular flexibility index (Phi) is 5.64. The number of ether oxygens (including phenoxy) is 2. The lowest BCUT2D eigenvalue weighted by molar-refractivity contribution is -0.165. The molecule has 0 saturated carbocycles. The third-order valence-corrected chi connectivity index (χ3v) is 6.51. The first-order valence-electron chi connectivity index (χ1n) is 7.71. The molecule has 2 rings (SSSR count). The highest BCUT2D eigenvalue weighted by molar-refractivity contribution is 7.89. The van der Waals surface area contributed by atoms with E-state index in [1.54, 1.807) is 26.8 Å². The molecule has 1 aliphatic heterocycles. The molecule has 0 fully saturated rings. The fourth-order valence-electron chi connectivity index (χ4n) is 2.92. The molecule has 1 aromatic carbocycles. The van der Waals surface area contributed by atoms with Crippen LogP contribution in [0.4, 0.5) is 0 Å². The van der Waals surface area contributed by atoms with Gasteiger partial charge in [0.05, 0.1) is 16.8 Å². The van der Waals surface area contributed by atoms with Crippen LogP contribution in [0, 0.1) is 0 Å². The summed E-state index contributed by atoms with van der Waals surface area (Å²) in [7, 11) is -2.14. The maximum atomic E-state index is 12.5. The van der Waals surface area contributed by atoms with Gasteiger partial charge in [-0.1, -0.05) is 23.2 Å². The number of likely N-dealkylation sites (N-methyl/N-ethyl adjacent to an activating group) is 1. The van der Waals surface area contributed by atoms with Gasteiger partial charge in [0, 0.05) is 24.6 Å². The average molecular weight is 410 g/mol. The molecule has 0 bridgehead atoms. The van der Waals surface area contributed by atoms with Crippen molar-refractivity contribution in [1.82, 2.24) is 4.31 Å². The minimum Gasteiger partial charge on any atom is -0.482 e. The van der Waals surface area contributed by atoms with Crippen molar-refractivity contribution in [2.24, 2.45) is 0 Å². The number of esters is 1. The van der Waals surface area contributed by atoms with Gasteiger partial charge in [-0.2, -0.15) is 4.31 Å². The van der Waals surface area contributed by atoms with Crippen molar-refractivity contribution in [2.45, 2.75) is 45.4 Å². The molecule has 6 nitrogen and oxygen atoms in total. The van der Waals surface area contributed by atoms with E-state index in [2.05, 4.69) is 0 Å². The summed E-state index contributed by atoms with van der Waals surface area (Å²) in [5, 5.41) is 0.602. The number of hydrogen-bond donors (Lipinski definition) is 0. The van der Waals surface area contributed by atoms with Gasteiger partial charge in [-0.05, 0) is 32.9 Å². The summed E-state index contributed by atoms with van der Waals surface area (Å²) in [6.07, 6.45) is -0.877. The molecule has 140 valence electrons. The second-order valence-electron chi connectivity index (χ2n) is 6.40.